The first kappa shape index (κ1) is 18.1. The number of aryl methyl sites for hydroxylation is 2. The van der Waals surface area contributed by atoms with Gasteiger partial charge in [-0.15, -0.1) is 0 Å². The maximum atomic E-state index is 12.8. The normalized spacial score (nSPS) is 15.5. The van der Waals surface area contributed by atoms with E-state index in [1.54, 1.807) is 7.11 Å². The van der Waals surface area contributed by atoms with Gasteiger partial charge in [-0.3, -0.25) is 4.79 Å². The highest BCUT2D eigenvalue weighted by Crippen LogP contribution is 2.31. The van der Waals surface area contributed by atoms with Gasteiger partial charge in [-0.05, 0) is 56.2 Å². The van der Waals surface area contributed by atoms with Crippen molar-refractivity contribution in [3.63, 3.8) is 0 Å². The molecule has 0 radical (unpaired) electrons. The second kappa shape index (κ2) is 7.38. The van der Waals surface area contributed by atoms with Crippen molar-refractivity contribution in [3.8, 4) is 17.2 Å². The molecule has 1 N–H and O–H groups in total. The van der Waals surface area contributed by atoms with Crippen LogP contribution in [0.2, 0.25) is 0 Å². The van der Waals surface area contributed by atoms with E-state index in [-0.39, 0.29) is 11.8 Å². The zero-order valence-corrected chi connectivity index (χ0v) is 16.2. The molecule has 1 aromatic heterocycles. The largest absolute Gasteiger partial charge is 0.497 e. The fourth-order valence-electron chi connectivity index (χ4n) is 3.50. The Bertz CT molecular complexity index is 1030. The summed E-state index contributed by atoms with van der Waals surface area (Å²) in [5.41, 5.74) is 4.69. The van der Waals surface area contributed by atoms with Gasteiger partial charge in [0, 0.05) is 17.4 Å². The lowest BCUT2D eigenvalue weighted by Crippen LogP contribution is -2.32. The van der Waals surface area contributed by atoms with Crippen LogP contribution in [-0.2, 0) is 11.2 Å². The molecule has 0 unspecified atom stereocenters. The number of benzene rings is 2. The lowest BCUT2D eigenvalue weighted by atomic mass is 9.96. The smallest absolute Gasteiger partial charge is 0.231 e. The summed E-state index contributed by atoms with van der Waals surface area (Å²) >= 11 is 0. The fourth-order valence-corrected chi connectivity index (χ4v) is 3.50. The molecular weight excluding hydrogens is 354 g/mol. The molecule has 3 aromatic rings. The number of nitrogens with zero attached hydrogens (tertiary/aromatic N) is 2. The van der Waals surface area contributed by atoms with E-state index in [9.17, 15) is 4.79 Å². The van der Waals surface area contributed by atoms with E-state index in [2.05, 4.69) is 10.4 Å². The Hall–Kier alpha value is -3.28. The highest BCUT2D eigenvalue weighted by molar-refractivity contribution is 5.93. The Balaban J connectivity index is 1.48. The van der Waals surface area contributed by atoms with Crippen molar-refractivity contribution in [2.75, 3.05) is 19.0 Å². The summed E-state index contributed by atoms with van der Waals surface area (Å²) in [5, 5.41) is 7.52. The van der Waals surface area contributed by atoms with Gasteiger partial charge in [-0.1, -0.05) is 12.1 Å². The first-order valence-corrected chi connectivity index (χ1v) is 9.28. The molecule has 0 bridgehead atoms. The predicted octanol–water partition coefficient (Wildman–Crippen LogP) is 3.69. The van der Waals surface area contributed by atoms with E-state index >= 15 is 0 Å². The molecule has 0 fully saturated rings. The molecule has 6 nitrogen and oxygen atoms in total. The van der Waals surface area contributed by atoms with Gasteiger partial charge in [-0.2, -0.15) is 5.10 Å². The van der Waals surface area contributed by atoms with Crippen LogP contribution in [0.3, 0.4) is 0 Å². The molecular formula is C22H23N3O3. The summed E-state index contributed by atoms with van der Waals surface area (Å²) in [6.45, 7) is 4.33. The number of carbonyl (C=O) groups excluding carboxylic acids is 1. The maximum Gasteiger partial charge on any atom is 0.231 e. The van der Waals surface area contributed by atoms with Crippen LogP contribution < -0.4 is 14.8 Å². The molecule has 1 aliphatic heterocycles. The number of amides is 1. The second-order valence-electron chi connectivity index (χ2n) is 7.06. The van der Waals surface area contributed by atoms with Gasteiger partial charge in [-0.25, -0.2) is 4.68 Å². The van der Waals surface area contributed by atoms with Crippen molar-refractivity contribution in [1.29, 1.82) is 0 Å². The number of rotatable bonds is 4. The molecule has 6 heteroatoms. The topological polar surface area (TPSA) is 65.4 Å². The molecule has 1 atom stereocenters. The highest BCUT2D eigenvalue weighted by atomic mass is 16.5. The number of hydrogen-bond donors (Lipinski definition) is 1. The predicted molar refractivity (Wildman–Crippen MR) is 107 cm³/mol. The minimum absolute atomic E-state index is 0.0491. The Morgan fingerprint density at radius 1 is 1.21 bits per heavy atom. The SMILES string of the molecule is COc1ccc2c(c1)OC[C@H](C(=O)Nc1cccc(-n3nc(C)cc3C)c1)C2. The van der Waals surface area contributed by atoms with Gasteiger partial charge in [0.25, 0.3) is 0 Å². The second-order valence-corrected chi connectivity index (χ2v) is 7.06. The van der Waals surface area contributed by atoms with Gasteiger partial charge in [0.2, 0.25) is 5.91 Å². The minimum Gasteiger partial charge on any atom is -0.497 e. The summed E-state index contributed by atoms with van der Waals surface area (Å²) in [6.07, 6.45) is 0.641. The Kier molecular flexibility index (Phi) is 4.77. The lowest BCUT2D eigenvalue weighted by Gasteiger charge is -2.25. The average molecular weight is 377 g/mol. The average Bonchev–Trinajstić information content (AvgIpc) is 3.05. The van der Waals surface area contributed by atoms with E-state index in [0.29, 0.717) is 13.0 Å². The van der Waals surface area contributed by atoms with Gasteiger partial charge in [0.1, 0.15) is 18.1 Å². The van der Waals surface area contributed by atoms with E-state index in [4.69, 9.17) is 9.47 Å². The lowest BCUT2D eigenvalue weighted by molar-refractivity contribution is -0.121. The quantitative estimate of drug-likeness (QED) is 0.753. The molecule has 4 rings (SSSR count). The molecule has 0 saturated carbocycles. The number of aromatic nitrogens is 2. The minimum atomic E-state index is -0.238. The van der Waals surface area contributed by atoms with Crippen LogP contribution in [0.5, 0.6) is 11.5 Å². The molecule has 0 aliphatic carbocycles. The molecule has 2 heterocycles. The molecule has 2 aromatic carbocycles. The van der Waals surface area contributed by atoms with Gasteiger partial charge < -0.3 is 14.8 Å². The molecule has 1 aliphatic rings. The molecule has 1 amide bonds. The zero-order chi connectivity index (χ0) is 19.7. The van der Waals surface area contributed by atoms with Crippen LogP contribution >= 0.6 is 0 Å². The number of ether oxygens (including phenoxy) is 2. The number of hydrogen-bond acceptors (Lipinski definition) is 4. The maximum absolute atomic E-state index is 12.8. The number of carbonyl (C=O) groups is 1. The Labute approximate surface area is 164 Å². The van der Waals surface area contributed by atoms with Crippen molar-refractivity contribution in [2.24, 2.45) is 5.92 Å². The highest BCUT2D eigenvalue weighted by Gasteiger charge is 2.26. The van der Waals surface area contributed by atoms with Crippen molar-refractivity contribution in [2.45, 2.75) is 20.3 Å². The van der Waals surface area contributed by atoms with E-state index in [0.717, 1.165) is 39.8 Å². The van der Waals surface area contributed by atoms with E-state index in [1.807, 2.05) is 67.1 Å². The summed E-state index contributed by atoms with van der Waals surface area (Å²) in [5.74, 6) is 1.25. The zero-order valence-electron chi connectivity index (χ0n) is 16.2. The molecule has 0 saturated heterocycles. The summed E-state index contributed by atoms with van der Waals surface area (Å²) in [4.78, 5) is 12.8. The van der Waals surface area contributed by atoms with Gasteiger partial charge in [0.05, 0.1) is 24.4 Å². The van der Waals surface area contributed by atoms with Crippen molar-refractivity contribution < 1.29 is 14.3 Å². The monoisotopic (exact) mass is 377 g/mol. The number of anilines is 1. The van der Waals surface area contributed by atoms with Crippen LogP contribution in [0, 0.1) is 19.8 Å². The standard InChI is InChI=1S/C22H23N3O3/c1-14-9-15(2)25(24-14)19-6-4-5-18(11-19)23-22(26)17-10-16-7-8-20(27-3)12-21(16)28-13-17/h4-9,11-12,17H,10,13H2,1-3H3,(H,23,26)/t17-/m1/s1. The molecule has 144 valence electrons. The van der Waals surface area contributed by atoms with Gasteiger partial charge in [0.15, 0.2) is 0 Å². The first-order valence-electron chi connectivity index (χ1n) is 9.28. The Morgan fingerprint density at radius 3 is 2.82 bits per heavy atom. The van der Waals surface area contributed by atoms with Crippen LogP contribution in [0.4, 0.5) is 5.69 Å². The van der Waals surface area contributed by atoms with Gasteiger partial charge >= 0.3 is 0 Å². The third-order valence-corrected chi connectivity index (χ3v) is 4.92. The fraction of sp³-hybridized carbons (Fsp3) is 0.273. The van der Waals surface area contributed by atoms with Crippen molar-refractivity contribution >= 4 is 11.6 Å². The third kappa shape index (κ3) is 3.58. The molecule has 0 spiro atoms. The van der Waals surface area contributed by atoms with Crippen LogP contribution in [0.1, 0.15) is 17.0 Å². The summed E-state index contributed by atoms with van der Waals surface area (Å²) in [6, 6.07) is 15.4. The van der Waals surface area contributed by atoms with Crippen molar-refractivity contribution in [3.05, 3.63) is 65.5 Å². The third-order valence-electron chi connectivity index (χ3n) is 4.92. The van der Waals surface area contributed by atoms with E-state index < -0.39 is 0 Å². The number of methoxy groups -OCH3 is 1. The summed E-state index contributed by atoms with van der Waals surface area (Å²) < 4.78 is 12.9. The van der Waals surface area contributed by atoms with Crippen LogP contribution in [-0.4, -0.2) is 29.4 Å². The number of nitrogens with one attached hydrogen (secondary N) is 1. The van der Waals surface area contributed by atoms with Crippen molar-refractivity contribution in [1.82, 2.24) is 9.78 Å². The van der Waals surface area contributed by atoms with Crippen LogP contribution in [0.25, 0.3) is 5.69 Å². The summed E-state index contributed by atoms with van der Waals surface area (Å²) in [7, 11) is 1.63. The first-order chi connectivity index (χ1) is 13.5. The van der Waals surface area contributed by atoms with E-state index in [1.165, 1.54) is 0 Å². The Morgan fingerprint density at radius 2 is 2.07 bits per heavy atom. The molecule has 28 heavy (non-hydrogen) atoms. The van der Waals surface area contributed by atoms with Crippen LogP contribution in [0.15, 0.2) is 48.5 Å². The number of fused-ring (bicyclic) bond motifs is 1.